The van der Waals surface area contributed by atoms with Crippen LogP contribution in [0, 0.1) is 5.92 Å². The van der Waals surface area contributed by atoms with Crippen LogP contribution in [-0.4, -0.2) is 71.6 Å². The highest BCUT2D eigenvalue weighted by Gasteiger charge is 2.32. The Kier molecular flexibility index (Phi) is 7.73. The van der Waals surface area contributed by atoms with E-state index in [-0.39, 0.29) is 23.8 Å². The lowest BCUT2D eigenvalue weighted by atomic mass is 10.00. The first-order chi connectivity index (χ1) is 13.6. The van der Waals surface area contributed by atoms with E-state index in [4.69, 9.17) is 4.74 Å². The predicted molar refractivity (Wildman–Crippen MR) is 104 cm³/mol. The lowest BCUT2D eigenvalue weighted by Gasteiger charge is -2.36. The zero-order valence-corrected chi connectivity index (χ0v) is 16.6. The summed E-state index contributed by atoms with van der Waals surface area (Å²) >= 11 is 0. The third kappa shape index (κ3) is 6.24. The topological polar surface area (TPSA) is 96.5 Å². The number of rotatable bonds is 6. The van der Waals surface area contributed by atoms with Crippen LogP contribution >= 0.6 is 0 Å². The molecule has 2 amide bonds. The summed E-state index contributed by atoms with van der Waals surface area (Å²) in [5, 5.41) is 6.12. The molecule has 0 unspecified atom stereocenters. The molecule has 2 N–H and O–H groups in total. The van der Waals surface area contributed by atoms with Gasteiger partial charge in [-0.05, 0) is 25.7 Å². The Balaban J connectivity index is 1.57. The highest BCUT2D eigenvalue weighted by atomic mass is 16.5. The van der Waals surface area contributed by atoms with Crippen LogP contribution in [0.3, 0.4) is 0 Å². The first-order valence-electron chi connectivity index (χ1n) is 10.2. The fourth-order valence-corrected chi connectivity index (χ4v) is 4.11. The normalized spacial score (nSPS) is 24.3. The van der Waals surface area contributed by atoms with Gasteiger partial charge in [0.1, 0.15) is 0 Å². The molecule has 0 radical (unpaired) electrons. The highest BCUT2D eigenvalue weighted by molar-refractivity contribution is 5.79. The molecule has 1 aromatic rings. The lowest BCUT2D eigenvalue weighted by Crippen LogP contribution is -2.48. The maximum atomic E-state index is 12.8. The molecule has 0 saturated carbocycles. The number of carbonyl (C=O) groups excluding carboxylic acids is 2. The van der Waals surface area contributed by atoms with Crippen LogP contribution in [-0.2, 0) is 20.7 Å². The minimum Gasteiger partial charge on any atom is -0.381 e. The summed E-state index contributed by atoms with van der Waals surface area (Å²) in [5.74, 6) is 0.0108. The average Bonchev–Trinajstić information content (AvgIpc) is 2.92. The van der Waals surface area contributed by atoms with E-state index in [1.807, 2.05) is 0 Å². The van der Waals surface area contributed by atoms with Gasteiger partial charge in [-0.1, -0.05) is 0 Å². The van der Waals surface area contributed by atoms with Gasteiger partial charge in [0.05, 0.1) is 11.6 Å². The molecule has 2 atom stereocenters. The van der Waals surface area contributed by atoms with Crippen molar-refractivity contribution in [3.63, 3.8) is 0 Å². The summed E-state index contributed by atoms with van der Waals surface area (Å²) in [5.41, 5.74) is 0.873. The van der Waals surface area contributed by atoms with Crippen molar-refractivity contribution in [2.75, 3.05) is 32.8 Å². The Hall–Kier alpha value is -2.06. The SMILES string of the molecule is CC(=O)N[C@H]1CC[C@@H](C(=O)NCCc2cnccn2)CN(C2CCOCC2)C1. The van der Waals surface area contributed by atoms with Gasteiger partial charge in [0.25, 0.3) is 0 Å². The van der Waals surface area contributed by atoms with Gasteiger partial charge in [0, 0.05) is 76.9 Å². The van der Waals surface area contributed by atoms with E-state index >= 15 is 0 Å². The summed E-state index contributed by atoms with van der Waals surface area (Å²) in [7, 11) is 0. The Bertz CT molecular complexity index is 636. The second-order valence-electron chi connectivity index (χ2n) is 7.71. The van der Waals surface area contributed by atoms with E-state index in [2.05, 4.69) is 25.5 Å². The highest BCUT2D eigenvalue weighted by Crippen LogP contribution is 2.23. The van der Waals surface area contributed by atoms with Crippen LogP contribution in [0.15, 0.2) is 18.6 Å². The van der Waals surface area contributed by atoms with Crippen LogP contribution in [0.2, 0.25) is 0 Å². The summed E-state index contributed by atoms with van der Waals surface area (Å²) in [4.78, 5) is 35.1. The Morgan fingerprint density at radius 1 is 1.18 bits per heavy atom. The van der Waals surface area contributed by atoms with E-state index in [0.717, 1.165) is 57.7 Å². The van der Waals surface area contributed by atoms with Crippen molar-refractivity contribution < 1.29 is 14.3 Å². The largest absolute Gasteiger partial charge is 0.381 e. The number of hydrogen-bond acceptors (Lipinski definition) is 6. The lowest BCUT2D eigenvalue weighted by molar-refractivity contribution is -0.126. The van der Waals surface area contributed by atoms with Crippen molar-refractivity contribution in [2.24, 2.45) is 5.92 Å². The summed E-state index contributed by atoms with van der Waals surface area (Å²) in [6.07, 6.45) is 9.26. The fourth-order valence-electron chi connectivity index (χ4n) is 4.11. The third-order valence-corrected chi connectivity index (χ3v) is 5.56. The molecule has 2 aliphatic rings. The first kappa shape index (κ1) is 20.7. The zero-order chi connectivity index (χ0) is 19.8. The Morgan fingerprint density at radius 3 is 2.71 bits per heavy atom. The summed E-state index contributed by atoms with van der Waals surface area (Å²) in [6.45, 7) is 5.17. The van der Waals surface area contributed by atoms with Gasteiger partial charge in [0.15, 0.2) is 0 Å². The van der Waals surface area contributed by atoms with Crippen molar-refractivity contribution in [3.05, 3.63) is 24.3 Å². The average molecular weight is 390 g/mol. The zero-order valence-electron chi connectivity index (χ0n) is 16.6. The van der Waals surface area contributed by atoms with Crippen LogP contribution in [0.25, 0.3) is 0 Å². The maximum absolute atomic E-state index is 12.8. The number of aromatic nitrogens is 2. The molecule has 3 rings (SSSR count). The van der Waals surface area contributed by atoms with E-state index in [1.165, 1.54) is 0 Å². The van der Waals surface area contributed by atoms with Crippen molar-refractivity contribution in [2.45, 2.75) is 51.1 Å². The van der Waals surface area contributed by atoms with Gasteiger partial charge in [-0.25, -0.2) is 0 Å². The molecule has 8 nitrogen and oxygen atoms in total. The number of nitrogens with zero attached hydrogens (tertiary/aromatic N) is 3. The second-order valence-corrected chi connectivity index (χ2v) is 7.71. The first-order valence-corrected chi connectivity index (χ1v) is 10.2. The number of carbonyl (C=O) groups is 2. The van der Waals surface area contributed by atoms with Crippen molar-refractivity contribution in [1.29, 1.82) is 0 Å². The van der Waals surface area contributed by atoms with Gasteiger partial charge in [0.2, 0.25) is 11.8 Å². The van der Waals surface area contributed by atoms with Crippen LogP contribution in [0.1, 0.15) is 38.3 Å². The van der Waals surface area contributed by atoms with Crippen molar-refractivity contribution in [1.82, 2.24) is 25.5 Å². The molecule has 0 aromatic carbocycles. The molecular weight excluding hydrogens is 358 g/mol. The molecule has 0 spiro atoms. The number of amides is 2. The molecule has 3 heterocycles. The molecule has 28 heavy (non-hydrogen) atoms. The summed E-state index contributed by atoms with van der Waals surface area (Å²) < 4.78 is 5.50. The minimum atomic E-state index is -0.0662. The van der Waals surface area contributed by atoms with Crippen molar-refractivity contribution >= 4 is 11.8 Å². The summed E-state index contributed by atoms with van der Waals surface area (Å²) in [6, 6.07) is 0.510. The number of hydrogen-bond donors (Lipinski definition) is 2. The number of nitrogens with one attached hydrogen (secondary N) is 2. The van der Waals surface area contributed by atoms with Gasteiger partial charge in [-0.3, -0.25) is 24.5 Å². The smallest absolute Gasteiger partial charge is 0.224 e. The molecule has 154 valence electrons. The molecule has 0 aliphatic carbocycles. The van der Waals surface area contributed by atoms with Crippen LogP contribution in [0.4, 0.5) is 0 Å². The van der Waals surface area contributed by atoms with E-state index in [0.29, 0.717) is 19.0 Å². The van der Waals surface area contributed by atoms with Gasteiger partial charge in [-0.2, -0.15) is 0 Å². The molecule has 1 aromatic heterocycles. The van der Waals surface area contributed by atoms with Gasteiger partial charge >= 0.3 is 0 Å². The third-order valence-electron chi connectivity index (χ3n) is 5.56. The minimum absolute atomic E-state index is 0.0104. The molecule has 2 saturated heterocycles. The second kappa shape index (κ2) is 10.5. The Labute approximate surface area is 166 Å². The van der Waals surface area contributed by atoms with E-state index in [1.54, 1.807) is 25.5 Å². The van der Waals surface area contributed by atoms with Crippen LogP contribution < -0.4 is 10.6 Å². The quantitative estimate of drug-likeness (QED) is 0.737. The number of ether oxygens (including phenoxy) is 1. The van der Waals surface area contributed by atoms with E-state index < -0.39 is 0 Å². The van der Waals surface area contributed by atoms with E-state index in [9.17, 15) is 9.59 Å². The Morgan fingerprint density at radius 2 is 2.00 bits per heavy atom. The monoisotopic (exact) mass is 389 g/mol. The molecule has 2 aliphatic heterocycles. The molecular formula is C20H31N5O3. The number of likely N-dealkylation sites (tertiary alicyclic amines) is 1. The standard InChI is InChI=1S/C20H31N5O3/c1-15(26)24-18-3-2-16(13-25(14-18)19-5-10-28-11-6-19)20(27)23-7-4-17-12-21-8-9-22-17/h8-9,12,16,18-19H,2-7,10-11,13-14H2,1H3,(H,23,27)(H,24,26)/t16-,18+/m1/s1. The maximum Gasteiger partial charge on any atom is 0.224 e. The van der Waals surface area contributed by atoms with Gasteiger partial charge < -0.3 is 15.4 Å². The predicted octanol–water partition coefficient (Wildman–Crippen LogP) is 0.531. The molecule has 0 bridgehead atoms. The van der Waals surface area contributed by atoms with Crippen molar-refractivity contribution in [3.8, 4) is 0 Å². The van der Waals surface area contributed by atoms with Gasteiger partial charge in [-0.15, -0.1) is 0 Å². The fraction of sp³-hybridized carbons (Fsp3) is 0.700. The molecule has 8 heteroatoms. The van der Waals surface area contributed by atoms with Crippen LogP contribution in [0.5, 0.6) is 0 Å². The molecule has 2 fully saturated rings.